The molecule has 2 unspecified atom stereocenters. The molecule has 1 saturated carbocycles. The summed E-state index contributed by atoms with van der Waals surface area (Å²) in [6.45, 7) is 10.1. The maximum absolute atomic E-state index is 3.62. The van der Waals surface area contributed by atoms with Gasteiger partial charge in [0.25, 0.3) is 0 Å². The van der Waals surface area contributed by atoms with Gasteiger partial charge in [-0.3, -0.25) is 0 Å². The van der Waals surface area contributed by atoms with E-state index in [0.29, 0.717) is 0 Å². The van der Waals surface area contributed by atoms with Gasteiger partial charge in [-0.15, -0.1) is 0 Å². The number of nitrogens with zero attached hydrogens (tertiary/aromatic N) is 1. The van der Waals surface area contributed by atoms with Crippen molar-refractivity contribution in [3.63, 3.8) is 0 Å². The summed E-state index contributed by atoms with van der Waals surface area (Å²) >= 11 is 0. The zero-order valence-electron chi connectivity index (χ0n) is 13.4. The summed E-state index contributed by atoms with van der Waals surface area (Å²) in [5, 5.41) is 3.62. The van der Waals surface area contributed by atoms with Crippen LogP contribution in [0.3, 0.4) is 0 Å². The van der Waals surface area contributed by atoms with Crippen molar-refractivity contribution in [2.75, 3.05) is 29.9 Å². The Morgan fingerprint density at radius 3 is 2.40 bits per heavy atom. The number of benzene rings is 1. The lowest BCUT2D eigenvalue weighted by atomic mass is 9.82. The van der Waals surface area contributed by atoms with Crippen molar-refractivity contribution in [2.45, 2.75) is 46.5 Å². The molecular formula is C18H30N2. The Labute approximate surface area is 124 Å². The average Bonchev–Trinajstić information content (AvgIpc) is 2.48. The van der Waals surface area contributed by atoms with Crippen LogP contribution in [0.2, 0.25) is 0 Å². The number of rotatable bonds is 6. The van der Waals surface area contributed by atoms with Gasteiger partial charge in [0.05, 0.1) is 0 Å². The van der Waals surface area contributed by atoms with E-state index in [4.69, 9.17) is 0 Å². The molecule has 1 N–H and O–H groups in total. The van der Waals surface area contributed by atoms with E-state index in [-0.39, 0.29) is 0 Å². The summed E-state index contributed by atoms with van der Waals surface area (Å²) in [5.41, 5.74) is 2.59. The molecule has 2 atom stereocenters. The van der Waals surface area contributed by atoms with Gasteiger partial charge in [0.1, 0.15) is 0 Å². The lowest BCUT2D eigenvalue weighted by Gasteiger charge is -2.27. The molecule has 0 bridgehead atoms. The molecule has 1 fully saturated rings. The molecule has 2 rings (SSSR count). The first-order chi connectivity index (χ1) is 9.72. The van der Waals surface area contributed by atoms with E-state index in [1.165, 1.54) is 37.1 Å². The Hall–Kier alpha value is -1.18. The number of nitrogens with one attached hydrogen (secondary N) is 1. The lowest BCUT2D eigenvalue weighted by Crippen LogP contribution is -2.22. The fourth-order valence-corrected chi connectivity index (χ4v) is 3.39. The molecular weight excluding hydrogens is 244 g/mol. The normalized spacial score (nSPS) is 22.6. The second-order valence-corrected chi connectivity index (χ2v) is 6.24. The highest BCUT2D eigenvalue weighted by molar-refractivity contribution is 5.55. The summed E-state index contributed by atoms with van der Waals surface area (Å²) in [4.78, 5) is 2.38. The third kappa shape index (κ3) is 4.16. The zero-order valence-corrected chi connectivity index (χ0v) is 13.4. The van der Waals surface area contributed by atoms with Crippen LogP contribution in [0, 0.1) is 11.8 Å². The van der Waals surface area contributed by atoms with Crippen LogP contribution in [0.15, 0.2) is 24.3 Å². The van der Waals surface area contributed by atoms with Gasteiger partial charge < -0.3 is 10.2 Å². The van der Waals surface area contributed by atoms with Crippen LogP contribution in [0.1, 0.15) is 46.5 Å². The Morgan fingerprint density at radius 1 is 1.10 bits per heavy atom. The van der Waals surface area contributed by atoms with E-state index in [2.05, 4.69) is 55.3 Å². The first kappa shape index (κ1) is 15.2. The van der Waals surface area contributed by atoms with Crippen molar-refractivity contribution in [1.82, 2.24) is 0 Å². The van der Waals surface area contributed by atoms with Gasteiger partial charge >= 0.3 is 0 Å². The third-order valence-electron chi connectivity index (χ3n) is 4.64. The number of hydrogen-bond acceptors (Lipinski definition) is 2. The van der Waals surface area contributed by atoms with E-state index in [9.17, 15) is 0 Å². The molecule has 0 saturated heterocycles. The highest BCUT2D eigenvalue weighted by atomic mass is 15.1. The Bertz CT molecular complexity index is 381. The van der Waals surface area contributed by atoms with Crippen LogP contribution in [-0.2, 0) is 0 Å². The first-order valence-corrected chi connectivity index (χ1v) is 8.31. The van der Waals surface area contributed by atoms with Crippen LogP contribution in [0.5, 0.6) is 0 Å². The molecule has 0 aliphatic heterocycles. The van der Waals surface area contributed by atoms with Crippen molar-refractivity contribution in [1.29, 1.82) is 0 Å². The van der Waals surface area contributed by atoms with E-state index < -0.39 is 0 Å². The summed E-state index contributed by atoms with van der Waals surface area (Å²) in [6, 6.07) is 8.91. The highest BCUT2D eigenvalue weighted by Crippen LogP contribution is 2.28. The summed E-state index contributed by atoms with van der Waals surface area (Å²) < 4.78 is 0. The smallest absolute Gasteiger partial charge is 0.0367 e. The van der Waals surface area contributed by atoms with Crippen molar-refractivity contribution in [3.05, 3.63) is 24.3 Å². The molecule has 0 heterocycles. The number of hydrogen-bond donors (Lipinski definition) is 1. The minimum atomic E-state index is 0.862. The standard InChI is InChI=1S/C18H30N2/c1-4-20(5-2)18-11-9-17(10-12-18)19-14-16-8-6-7-15(3)13-16/h9-12,15-16,19H,4-8,13-14H2,1-3H3. The second-order valence-electron chi connectivity index (χ2n) is 6.24. The van der Waals surface area contributed by atoms with Gasteiger partial charge in [-0.05, 0) is 62.8 Å². The summed E-state index contributed by atoms with van der Waals surface area (Å²) in [5.74, 6) is 1.78. The minimum Gasteiger partial charge on any atom is -0.385 e. The third-order valence-corrected chi connectivity index (χ3v) is 4.64. The molecule has 112 valence electrons. The van der Waals surface area contributed by atoms with E-state index >= 15 is 0 Å². The fraction of sp³-hybridized carbons (Fsp3) is 0.667. The van der Waals surface area contributed by atoms with Crippen LogP contribution in [-0.4, -0.2) is 19.6 Å². The zero-order chi connectivity index (χ0) is 14.4. The van der Waals surface area contributed by atoms with Crippen LogP contribution in [0.4, 0.5) is 11.4 Å². The van der Waals surface area contributed by atoms with Crippen molar-refractivity contribution in [3.8, 4) is 0 Å². The van der Waals surface area contributed by atoms with Gasteiger partial charge in [0.15, 0.2) is 0 Å². The average molecular weight is 274 g/mol. The molecule has 20 heavy (non-hydrogen) atoms. The molecule has 0 aromatic heterocycles. The maximum atomic E-state index is 3.62. The summed E-state index contributed by atoms with van der Waals surface area (Å²) in [6.07, 6.45) is 5.63. The van der Waals surface area contributed by atoms with Gasteiger partial charge in [0, 0.05) is 31.0 Å². The molecule has 2 nitrogen and oxygen atoms in total. The van der Waals surface area contributed by atoms with Crippen LogP contribution in [0.25, 0.3) is 0 Å². The summed E-state index contributed by atoms with van der Waals surface area (Å²) in [7, 11) is 0. The van der Waals surface area contributed by atoms with Crippen LogP contribution >= 0.6 is 0 Å². The lowest BCUT2D eigenvalue weighted by molar-refractivity contribution is 0.293. The molecule has 1 aliphatic rings. The quantitative estimate of drug-likeness (QED) is 0.803. The molecule has 0 amide bonds. The largest absolute Gasteiger partial charge is 0.385 e. The highest BCUT2D eigenvalue weighted by Gasteiger charge is 2.18. The van der Waals surface area contributed by atoms with E-state index in [0.717, 1.165) is 31.5 Å². The minimum absolute atomic E-state index is 0.862. The van der Waals surface area contributed by atoms with Gasteiger partial charge in [-0.1, -0.05) is 19.8 Å². The predicted molar refractivity (Wildman–Crippen MR) is 89.6 cm³/mol. The Kier molecular flexibility index (Phi) is 5.75. The SMILES string of the molecule is CCN(CC)c1ccc(NCC2CCCC(C)C2)cc1. The Balaban J connectivity index is 1.84. The molecule has 1 aromatic carbocycles. The maximum Gasteiger partial charge on any atom is 0.0367 e. The van der Waals surface area contributed by atoms with Gasteiger partial charge in [0.2, 0.25) is 0 Å². The predicted octanol–water partition coefficient (Wildman–Crippen LogP) is 4.77. The van der Waals surface area contributed by atoms with Crippen molar-refractivity contribution >= 4 is 11.4 Å². The Morgan fingerprint density at radius 2 is 1.80 bits per heavy atom. The molecule has 1 aliphatic carbocycles. The van der Waals surface area contributed by atoms with Crippen molar-refractivity contribution in [2.24, 2.45) is 11.8 Å². The van der Waals surface area contributed by atoms with Gasteiger partial charge in [-0.2, -0.15) is 0 Å². The van der Waals surface area contributed by atoms with Crippen molar-refractivity contribution < 1.29 is 0 Å². The van der Waals surface area contributed by atoms with Crippen LogP contribution < -0.4 is 10.2 Å². The first-order valence-electron chi connectivity index (χ1n) is 8.31. The molecule has 2 heteroatoms. The fourth-order valence-electron chi connectivity index (χ4n) is 3.39. The van der Waals surface area contributed by atoms with E-state index in [1.54, 1.807) is 0 Å². The topological polar surface area (TPSA) is 15.3 Å². The molecule has 0 spiro atoms. The second kappa shape index (κ2) is 7.56. The van der Waals surface area contributed by atoms with Gasteiger partial charge in [-0.25, -0.2) is 0 Å². The monoisotopic (exact) mass is 274 g/mol. The van der Waals surface area contributed by atoms with E-state index in [1.807, 2.05) is 0 Å². The molecule has 1 aromatic rings. The molecule has 0 radical (unpaired) electrons. The number of anilines is 2.